The van der Waals surface area contributed by atoms with Crippen molar-refractivity contribution < 1.29 is 13.5 Å². The Morgan fingerprint density at radius 2 is 1.86 bits per heavy atom. The van der Waals surface area contributed by atoms with E-state index in [-0.39, 0.29) is 17.4 Å². The highest BCUT2D eigenvalue weighted by Crippen LogP contribution is 2.18. The molecular formula is C15H26N2O3S. The van der Waals surface area contributed by atoms with Crippen molar-refractivity contribution in [3.8, 4) is 0 Å². The molecule has 6 heteroatoms. The second-order valence-corrected chi connectivity index (χ2v) is 7.80. The van der Waals surface area contributed by atoms with Gasteiger partial charge in [-0.3, -0.25) is 0 Å². The summed E-state index contributed by atoms with van der Waals surface area (Å²) < 4.78 is 27.1. The quantitative estimate of drug-likeness (QED) is 0.788. The molecule has 5 nitrogen and oxygen atoms in total. The highest BCUT2D eigenvalue weighted by molar-refractivity contribution is 7.89. The van der Waals surface area contributed by atoms with Gasteiger partial charge in [0, 0.05) is 19.6 Å². The summed E-state index contributed by atoms with van der Waals surface area (Å²) in [6.07, 6.45) is 0. The van der Waals surface area contributed by atoms with E-state index in [0.717, 1.165) is 0 Å². The number of aliphatic hydroxyl groups excluding tert-OH is 1. The molecule has 0 amide bonds. The van der Waals surface area contributed by atoms with E-state index in [2.05, 4.69) is 0 Å². The summed E-state index contributed by atoms with van der Waals surface area (Å²) >= 11 is 0. The summed E-state index contributed by atoms with van der Waals surface area (Å²) in [6.45, 7) is 5.46. The van der Waals surface area contributed by atoms with Crippen molar-refractivity contribution in [3.05, 3.63) is 29.8 Å². The third-order valence-corrected chi connectivity index (χ3v) is 4.95. The van der Waals surface area contributed by atoms with Gasteiger partial charge >= 0.3 is 0 Å². The van der Waals surface area contributed by atoms with E-state index >= 15 is 0 Å². The molecule has 0 aliphatic carbocycles. The van der Waals surface area contributed by atoms with Crippen LogP contribution in [0.25, 0.3) is 0 Å². The zero-order valence-electron chi connectivity index (χ0n) is 13.3. The molecule has 0 aliphatic heterocycles. The summed E-state index contributed by atoms with van der Waals surface area (Å²) in [5, 5.41) is 9.17. The molecule has 0 aromatic heterocycles. The van der Waals surface area contributed by atoms with E-state index in [1.54, 1.807) is 24.3 Å². The van der Waals surface area contributed by atoms with Crippen LogP contribution in [0.5, 0.6) is 0 Å². The van der Waals surface area contributed by atoms with Gasteiger partial charge in [-0.25, -0.2) is 8.42 Å². The van der Waals surface area contributed by atoms with Crippen LogP contribution in [0.1, 0.15) is 19.4 Å². The van der Waals surface area contributed by atoms with Crippen LogP contribution in [0, 0.1) is 5.92 Å². The van der Waals surface area contributed by atoms with Crippen molar-refractivity contribution in [2.24, 2.45) is 5.92 Å². The zero-order chi connectivity index (χ0) is 16.0. The largest absolute Gasteiger partial charge is 0.392 e. The lowest BCUT2D eigenvalue weighted by Crippen LogP contribution is -2.39. The van der Waals surface area contributed by atoms with Crippen molar-refractivity contribution in [3.63, 3.8) is 0 Å². The van der Waals surface area contributed by atoms with Crippen LogP contribution in [-0.4, -0.2) is 56.5 Å². The molecule has 0 spiro atoms. The van der Waals surface area contributed by atoms with Crippen molar-refractivity contribution in [2.45, 2.75) is 25.3 Å². The summed E-state index contributed by atoms with van der Waals surface area (Å²) in [5.41, 5.74) is 0.605. The molecule has 0 saturated heterocycles. The van der Waals surface area contributed by atoms with Gasteiger partial charge in [0.2, 0.25) is 10.0 Å². The Morgan fingerprint density at radius 1 is 1.19 bits per heavy atom. The Balaban J connectivity index is 3.06. The highest BCUT2D eigenvalue weighted by Gasteiger charge is 2.25. The topological polar surface area (TPSA) is 60.9 Å². The second-order valence-electron chi connectivity index (χ2n) is 5.87. The van der Waals surface area contributed by atoms with Crippen LogP contribution < -0.4 is 0 Å². The van der Waals surface area contributed by atoms with Gasteiger partial charge in [0.15, 0.2) is 0 Å². The molecule has 0 fully saturated rings. The van der Waals surface area contributed by atoms with E-state index in [0.29, 0.717) is 25.2 Å². The maximum Gasteiger partial charge on any atom is 0.243 e. The van der Waals surface area contributed by atoms with Crippen LogP contribution in [-0.2, 0) is 16.6 Å². The predicted octanol–water partition coefficient (Wildman–Crippen LogP) is 1.39. The minimum absolute atomic E-state index is 0.161. The fourth-order valence-electron chi connectivity index (χ4n) is 1.98. The standard InChI is InChI=1S/C15H26N2O3S/c1-13(2)11-17(9-8-16(3)4)21(19,20)15-7-5-6-14(10-15)12-18/h5-7,10,13,18H,8-9,11-12H2,1-4H3. The van der Waals surface area contributed by atoms with Crippen LogP contribution in [0.2, 0.25) is 0 Å². The maximum atomic E-state index is 12.8. The van der Waals surface area contributed by atoms with Crippen LogP contribution in [0.3, 0.4) is 0 Å². The molecular weight excluding hydrogens is 288 g/mol. The molecule has 1 aromatic carbocycles. The van der Waals surface area contributed by atoms with E-state index in [9.17, 15) is 13.5 Å². The fourth-order valence-corrected chi connectivity index (χ4v) is 3.65. The first-order valence-electron chi connectivity index (χ1n) is 7.12. The Hall–Kier alpha value is -0.950. The molecule has 1 aromatic rings. The van der Waals surface area contributed by atoms with Gasteiger partial charge in [-0.05, 0) is 37.7 Å². The number of hydrogen-bond acceptors (Lipinski definition) is 4. The third-order valence-electron chi connectivity index (χ3n) is 3.08. The van der Waals surface area contributed by atoms with Gasteiger partial charge in [0.25, 0.3) is 0 Å². The van der Waals surface area contributed by atoms with E-state index in [1.807, 2.05) is 32.8 Å². The van der Waals surface area contributed by atoms with E-state index in [1.165, 1.54) is 4.31 Å². The molecule has 1 N–H and O–H groups in total. The first-order valence-corrected chi connectivity index (χ1v) is 8.56. The van der Waals surface area contributed by atoms with E-state index < -0.39 is 10.0 Å². The van der Waals surface area contributed by atoms with Gasteiger partial charge < -0.3 is 10.0 Å². The average molecular weight is 314 g/mol. The van der Waals surface area contributed by atoms with Crippen molar-refractivity contribution >= 4 is 10.0 Å². The molecule has 0 radical (unpaired) electrons. The average Bonchev–Trinajstić information content (AvgIpc) is 2.42. The van der Waals surface area contributed by atoms with Gasteiger partial charge in [-0.2, -0.15) is 4.31 Å². The Morgan fingerprint density at radius 3 is 2.38 bits per heavy atom. The smallest absolute Gasteiger partial charge is 0.243 e. The molecule has 21 heavy (non-hydrogen) atoms. The van der Waals surface area contributed by atoms with Gasteiger partial charge in [-0.15, -0.1) is 0 Å². The molecule has 1 rings (SSSR count). The maximum absolute atomic E-state index is 12.8. The Kier molecular flexibility index (Phi) is 6.80. The zero-order valence-corrected chi connectivity index (χ0v) is 14.1. The van der Waals surface area contributed by atoms with Gasteiger partial charge in [0.05, 0.1) is 11.5 Å². The summed E-state index contributed by atoms with van der Waals surface area (Å²) in [4.78, 5) is 2.21. The minimum atomic E-state index is -3.53. The SMILES string of the molecule is CC(C)CN(CCN(C)C)S(=O)(=O)c1cccc(CO)c1. The fraction of sp³-hybridized carbons (Fsp3) is 0.600. The monoisotopic (exact) mass is 314 g/mol. The molecule has 0 atom stereocenters. The Bertz CT molecular complexity index is 542. The number of benzene rings is 1. The normalized spacial score (nSPS) is 12.6. The summed E-state index contributed by atoms with van der Waals surface area (Å²) in [7, 11) is 0.317. The lowest BCUT2D eigenvalue weighted by Gasteiger charge is -2.25. The molecule has 0 saturated carbocycles. The van der Waals surface area contributed by atoms with Gasteiger partial charge in [-0.1, -0.05) is 26.0 Å². The predicted molar refractivity (Wildman–Crippen MR) is 84.5 cm³/mol. The molecule has 120 valence electrons. The first-order chi connectivity index (χ1) is 9.77. The first kappa shape index (κ1) is 18.1. The molecule has 0 heterocycles. The number of hydrogen-bond donors (Lipinski definition) is 1. The van der Waals surface area contributed by atoms with Crippen molar-refractivity contribution in [1.29, 1.82) is 0 Å². The number of aliphatic hydroxyl groups is 1. The third kappa shape index (κ3) is 5.39. The van der Waals surface area contributed by atoms with Crippen LogP contribution in [0.4, 0.5) is 0 Å². The minimum Gasteiger partial charge on any atom is -0.392 e. The molecule has 0 unspecified atom stereocenters. The van der Waals surface area contributed by atoms with E-state index in [4.69, 9.17) is 0 Å². The van der Waals surface area contributed by atoms with Crippen LogP contribution in [0.15, 0.2) is 29.2 Å². The molecule has 0 bridgehead atoms. The number of nitrogens with zero attached hydrogens (tertiary/aromatic N) is 2. The second kappa shape index (κ2) is 7.89. The number of sulfonamides is 1. The lowest BCUT2D eigenvalue weighted by molar-refractivity contribution is 0.281. The van der Waals surface area contributed by atoms with Crippen molar-refractivity contribution in [2.75, 3.05) is 33.7 Å². The van der Waals surface area contributed by atoms with Gasteiger partial charge in [0.1, 0.15) is 0 Å². The summed E-state index contributed by atoms with van der Waals surface area (Å²) in [6, 6.07) is 6.50. The Labute approximate surface area is 128 Å². The summed E-state index contributed by atoms with van der Waals surface area (Å²) in [5.74, 6) is 0.253. The van der Waals surface area contributed by atoms with Crippen molar-refractivity contribution in [1.82, 2.24) is 9.21 Å². The molecule has 0 aliphatic rings. The lowest BCUT2D eigenvalue weighted by atomic mass is 10.2. The number of rotatable bonds is 8. The van der Waals surface area contributed by atoms with Crippen LogP contribution >= 0.6 is 0 Å². The highest BCUT2D eigenvalue weighted by atomic mass is 32.2. The number of likely N-dealkylation sites (N-methyl/N-ethyl adjacent to an activating group) is 1.